The van der Waals surface area contributed by atoms with Crippen LogP contribution in [0.1, 0.15) is 28.7 Å². The number of nitrogens with one attached hydrogen (secondary N) is 2. The molecule has 4 N–H and O–H groups in total. The third kappa shape index (κ3) is 5.25. The number of aromatic nitrogens is 1. The highest BCUT2D eigenvalue weighted by Crippen LogP contribution is 2.33. The van der Waals surface area contributed by atoms with Crippen molar-refractivity contribution in [2.45, 2.75) is 19.4 Å². The van der Waals surface area contributed by atoms with Crippen LogP contribution in [0.5, 0.6) is 5.88 Å². The van der Waals surface area contributed by atoms with Crippen LogP contribution in [-0.4, -0.2) is 33.9 Å². The highest BCUT2D eigenvalue weighted by Gasteiger charge is 2.19. The summed E-state index contributed by atoms with van der Waals surface area (Å²) in [6.45, 7) is 0.763. The molecule has 0 fully saturated rings. The Morgan fingerprint density at radius 3 is 2.39 bits per heavy atom. The summed E-state index contributed by atoms with van der Waals surface area (Å²) in [6, 6.07) is 20.9. The van der Waals surface area contributed by atoms with Gasteiger partial charge < -0.3 is 20.5 Å². The number of hydrogen-bond acceptors (Lipinski definition) is 4. The number of aromatic hydroxyl groups is 1. The number of carboxylic acid groups (broad SMARTS) is 1. The maximum atomic E-state index is 10.9. The van der Waals surface area contributed by atoms with Gasteiger partial charge in [-0.05, 0) is 48.9 Å². The van der Waals surface area contributed by atoms with E-state index in [4.69, 9.17) is 21.7 Å². The number of hydrogen-bond donors (Lipinski definition) is 4. The quantitative estimate of drug-likeness (QED) is 0.263. The fraction of sp³-hybridized carbons (Fsp3) is 0.154. The third-order valence-corrected chi connectivity index (χ3v) is 5.63. The molecule has 33 heavy (non-hydrogen) atoms. The Labute approximate surface area is 196 Å². The van der Waals surface area contributed by atoms with E-state index < -0.39 is 5.97 Å². The van der Waals surface area contributed by atoms with Gasteiger partial charge in [-0.3, -0.25) is 4.79 Å². The number of carbonyl (C=O) groups is 1. The highest BCUT2D eigenvalue weighted by molar-refractivity contribution is 6.31. The fourth-order valence-electron chi connectivity index (χ4n) is 3.76. The van der Waals surface area contributed by atoms with Crippen LogP contribution in [0.3, 0.4) is 0 Å². The molecule has 0 amide bonds. The molecule has 7 heteroatoms. The first-order valence-electron chi connectivity index (χ1n) is 10.6. The van der Waals surface area contributed by atoms with Crippen LogP contribution in [0.4, 0.5) is 5.69 Å². The van der Waals surface area contributed by atoms with E-state index in [2.05, 4.69) is 10.3 Å². The van der Waals surface area contributed by atoms with Gasteiger partial charge >= 0.3 is 5.97 Å². The number of aromatic amines is 1. The number of H-pyrrole nitrogens is 1. The minimum absolute atomic E-state index is 0.00720. The van der Waals surface area contributed by atoms with Gasteiger partial charge in [-0.15, -0.1) is 0 Å². The number of halogens is 1. The van der Waals surface area contributed by atoms with Gasteiger partial charge in [0.25, 0.3) is 0 Å². The molecule has 1 heterocycles. The topological polar surface area (TPSA) is 97.7 Å². The number of carboxylic acids is 1. The molecule has 0 aliphatic carbocycles. The van der Waals surface area contributed by atoms with Crippen molar-refractivity contribution in [1.29, 1.82) is 0 Å². The first-order valence-corrected chi connectivity index (χ1v) is 11.0. The van der Waals surface area contributed by atoms with Crippen molar-refractivity contribution in [3.63, 3.8) is 0 Å². The molecule has 0 spiro atoms. The summed E-state index contributed by atoms with van der Waals surface area (Å²) in [6.07, 6.45) is 0.523. The van der Waals surface area contributed by atoms with E-state index in [9.17, 15) is 9.90 Å². The average Bonchev–Trinajstić information content (AvgIpc) is 3.12. The Morgan fingerprint density at radius 2 is 1.73 bits per heavy atom. The number of nitrogens with zero attached hydrogens (tertiary/aromatic N) is 1. The molecule has 0 radical (unpaired) electrons. The van der Waals surface area contributed by atoms with Gasteiger partial charge in [0.2, 0.25) is 0 Å². The zero-order valence-electron chi connectivity index (χ0n) is 18.1. The number of aliphatic imine (C=N–C) groups is 1. The first kappa shape index (κ1) is 22.6. The molecule has 0 bridgehead atoms. The molecule has 0 saturated carbocycles. The second-order valence-electron chi connectivity index (χ2n) is 7.79. The van der Waals surface area contributed by atoms with Crippen molar-refractivity contribution >= 4 is 39.9 Å². The molecule has 1 aromatic heterocycles. The molecule has 0 atom stereocenters. The van der Waals surface area contributed by atoms with E-state index in [1.165, 1.54) is 0 Å². The van der Waals surface area contributed by atoms with E-state index in [0.29, 0.717) is 28.2 Å². The number of rotatable bonds is 8. The predicted molar refractivity (Wildman–Crippen MR) is 132 cm³/mol. The Bertz CT molecular complexity index is 1310. The van der Waals surface area contributed by atoms with Crippen LogP contribution in [-0.2, 0) is 17.8 Å². The lowest BCUT2D eigenvalue weighted by Gasteiger charge is -2.09. The second-order valence-corrected chi connectivity index (χ2v) is 8.22. The molecule has 6 nitrogen and oxygen atoms in total. The van der Waals surface area contributed by atoms with Crippen molar-refractivity contribution in [2.75, 3.05) is 7.05 Å². The van der Waals surface area contributed by atoms with Gasteiger partial charge in [-0.2, -0.15) is 0 Å². The highest BCUT2D eigenvalue weighted by atomic mass is 35.5. The van der Waals surface area contributed by atoms with Crippen LogP contribution < -0.4 is 5.32 Å². The van der Waals surface area contributed by atoms with E-state index in [-0.39, 0.29) is 12.3 Å². The molecular weight excluding hydrogens is 438 g/mol. The minimum atomic E-state index is -0.828. The summed E-state index contributed by atoms with van der Waals surface area (Å²) in [5.41, 5.74) is 5.52. The molecule has 0 unspecified atom stereocenters. The number of benzene rings is 3. The zero-order chi connectivity index (χ0) is 23.4. The summed E-state index contributed by atoms with van der Waals surface area (Å²) in [5, 5.41) is 24.2. The summed E-state index contributed by atoms with van der Waals surface area (Å²) in [4.78, 5) is 18.8. The van der Waals surface area contributed by atoms with E-state index in [1.54, 1.807) is 12.1 Å². The molecular formula is C26H24ClN3O3. The number of fused-ring (bicyclic) bond motifs is 1. The van der Waals surface area contributed by atoms with E-state index >= 15 is 0 Å². The summed E-state index contributed by atoms with van der Waals surface area (Å²) in [7, 11) is 1.90. The van der Waals surface area contributed by atoms with Gasteiger partial charge in [-0.25, -0.2) is 4.99 Å². The Kier molecular flexibility index (Phi) is 6.77. The molecule has 4 rings (SSSR count). The van der Waals surface area contributed by atoms with Crippen molar-refractivity contribution in [2.24, 2.45) is 4.99 Å². The fourth-order valence-corrected chi connectivity index (χ4v) is 3.93. The number of aryl methyl sites for hydroxylation is 1. The van der Waals surface area contributed by atoms with Gasteiger partial charge in [0, 0.05) is 28.9 Å². The van der Waals surface area contributed by atoms with Gasteiger partial charge in [0.05, 0.1) is 22.5 Å². The Hall–Kier alpha value is -3.61. The van der Waals surface area contributed by atoms with Crippen molar-refractivity contribution in [1.82, 2.24) is 10.3 Å². The largest absolute Gasteiger partial charge is 0.494 e. The summed E-state index contributed by atoms with van der Waals surface area (Å²) >= 11 is 6.14. The minimum Gasteiger partial charge on any atom is -0.494 e. The summed E-state index contributed by atoms with van der Waals surface area (Å²) < 4.78 is 0. The lowest BCUT2D eigenvalue weighted by Crippen LogP contribution is -2.05. The zero-order valence-corrected chi connectivity index (χ0v) is 18.9. The second kappa shape index (κ2) is 9.90. The SMILES string of the molecule is CNCc1ccc(N=C(c2ccc(CCC(=O)O)cc2)c2c(O)[nH]c3cc(Cl)ccc23)cc1. The van der Waals surface area contributed by atoms with Crippen LogP contribution in [0, 0.1) is 0 Å². The van der Waals surface area contributed by atoms with Crippen LogP contribution in [0.25, 0.3) is 10.9 Å². The maximum absolute atomic E-state index is 10.9. The van der Waals surface area contributed by atoms with Gasteiger partial charge in [-0.1, -0.05) is 54.1 Å². The van der Waals surface area contributed by atoms with Crippen LogP contribution in [0.15, 0.2) is 71.7 Å². The molecule has 0 saturated heterocycles. The maximum Gasteiger partial charge on any atom is 0.303 e. The van der Waals surface area contributed by atoms with Crippen molar-refractivity contribution < 1.29 is 15.0 Å². The smallest absolute Gasteiger partial charge is 0.303 e. The monoisotopic (exact) mass is 461 g/mol. The van der Waals surface area contributed by atoms with E-state index in [1.807, 2.05) is 61.6 Å². The Morgan fingerprint density at radius 1 is 1.03 bits per heavy atom. The molecule has 3 aromatic carbocycles. The summed E-state index contributed by atoms with van der Waals surface area (Å²) in [5.74, 6) is -0.821. The van der Waals surface area contributed by atoms with E-state index in [0.717, 1.165) is 34.3 Å². The van der Waals surface area contributed by atoms with Gasteiger partial charge in [0.15, 0.2) is 5.88 Å². The molecule has 4 aromatic rings. The lowest BCUT2D eigenvalue weighted by atomic mass is 9.98. The Balaban J connectivity index is 1.81. The average molecular weight is 462 g/mol. The molecule has 0 aliphatic rings. The normalized spacial score (nSPS) is 11.8. The standard InChI is InChI=1S/C26H24ClN3O3/c1-28-15-17-4-10-20(11-5-17)29-25(18-7-2-16(3-8-18)6-13-23(31)32)24-21-12-9-19(27)14-22(21)30-26(24)33/h2-5,7-12,14,28,30,33H,6,13,15H2,1H3,(H,31,32). The predicted octanol–water partition coefficient (Wildman–Crippen LogP) is 5.43. The van der Waals surface area contributed by atoms with Gasteiger partial charge in [0.1, 0.15) is 0 Å². The van der Waals surface area contributed by atoms with Crippen molar-refractivity contribution in [3.8, 4) is 5.88 Å². The van der Waals surface area contributed by atoms with Crippen LogP contribution in [0.2, 0.25) is 5.02 Å². The lowest BCUT2D eigenvalue weighted by molar-refractivity contribution is -0.136. The first-order chi connectivity index (χ1) is 15.9. The third-order valence-electron chi connectivity index (χ3n) is 5.39. The number of aliphatic carboxylic acids is 1. The van der Waals surface area contributed by atoms with Crippen molar-refractivity contribution in [3.05, 3.63) is 94.0 Å². The van der Waals surface area contributed by atoms with Crippen LogP contribution >= 0.6 is 11.6 Å². The molecule has 0 aliphatic heterocycles. The molecule has 168 valence electrons.